The number of fused-ring (bicyclic) bond motifs is 1. The van der Waals surface area contributed by atoms with Gasteiger partial charge in [0.2, 0.25) is 5.88 Å². The van der Waals surface area contributed by atoms with Crippen LogP contribution in [0.2, 0.25) is 0 Å². The summed E-state index contributed by atoms with van der Waals surface area (Å²) < 4.78 is 32.3. The van der Waals surface area contributed by atoms with E-state index in [4.69, 9.17) is 9.83 Å². The zero-order valence-electron chi connectivity index (χ0n) is 14.8. The average molecular weight is 394 g/mol. The van der Waals surface area contributed by atoms with Crippen LogP contribution in [0.5, 0.6) is 0 Å². The van der Waals surface area contributed by atoms with Gasteiger partial charge in [-0.1, -0.05) is 30.3 Å². The molecule has 0 fully saturated rings. The van der Waals surface area contributed by atoms with Crippen LogP contribution in [0.1, 0.15) is 11.1 Å². The standard InChI is InChI=1S/C20H18N4O3S/c21-19-18-10-12-27-20(18)22-14-24(19)17-8-6-16(7-9-17)23-28(25,26)13-11-15-4-2-1-3-5-15/h1-13,21-23H,14H2/b13-11+,21-19?. The maximum atomic E-state index is 12.3. The summed E-state index contributed by atoms with van der Waals surface area (Å²) in [6, 6.07) is 17.8. The Bertz CT molecular complexity index is 1120. The number of furan rings is 1. The molecule has 0 saturated heterocycles. The van der Waals surface area contributed by atoms with Gasteiger partial charge in [-0.05, 0) is 42.0 Å². The lowest BCUT2D eigenvalue weighted by Crippen LogP contribution is -2.39. The lowest BCUT2D eigenvalue weighted by molar-refractivity contribution is 0.577. The Morgan fingerprint density at radius 3 is 2.57 bits per heavy atom. The molecule has 3 aromatic rings. The van der Waals surface area contributed by atoms with Gasteiger partial charge in [0.05, 0.1) is 23.9 Å². The van der Waals surface area contributed by atoms with Crippen molar-refractivity contribution in [1.29, 1.82) is 5.41 Å². The molecule has 4 rings (SSSR count). The van der Waals surface area contributed by atoms with Gasteiger partial charge in [-0.25, -0.2) is 8.42 Å². The highest BCUT2D eigenvalue weighted by molar-refractivity contribution is 7.95. The summed E-state index contributed by atoms with van der Waals surface area (Å²) in [5, 5.41) is 12.6. The number of benzene rings is 2. The van der Waals surface area contributed by atoms with E-state index in [1.807, 2.05) is 30.3 Å². The topological polar surface area (TPSA) is 98.4 Å². The predicted octanol–water partition coefficient (Wildman–Crippen LogP) is 3.91. The van der Waals surface area contributed by atoms with Crippen molar-refractivity contribution in [2.24, 2.45) is 0 Å². The number of rotatable bonds is 5. The van der Waals surface area contributed by atoms with Gasteiger partial charge in [0.1, 0.15) is 5.84 Å². The Morgan fingerprint density at radius 2 is 1.82 bits per heavy atom. The van der Waals surface area contributed by atoms with Gasteiger partial charge in [0, 0.05) is 11.4 Å². The molecular weight excluding hydrogens is 376 g/mol. The molecule has 28 heavy (non-hydrogen) atoms. The highest BCUT2D eigenvalue weighted by atomic mass is 32.2. The zero-order valence-corrected chi connectivity index (χ0v) is 15.6. The number of sulfonamides is 1. The third-order valence-corrected chi connectivity index (χ3v) is 5.28. The quantitative estimate of drug-likeness (QED) is 0.609. The molecule has 1 aliphatic heterocycles. The van der Waals surface area contributed by atoms with Gasteiger partial charge in [-0.15, -0.1) is 0 Å². The first-order valence-electron chi connectivity index (χ1n) is 8.56. The number of hydrogen-bond donors (Lipinski definition) is 3. The van der Waals surface area contributed by atoms with E-state index in [1.165, 1.54) is 6.26 Å². The van der Waals surface area contributed by atoms with E-state index in [2.05, 4.69) is 10.0 Å². The van der Waals surface area contributed by atoms with Gasteiger partial charge in [-0.3, -0.25) is 10.1 Å². The van der Waals surface area contributed by atoms with Crippen molar-refractivity contribution in [2.75, 3.05) is 21.6 Å². The number of nitrogens with one attached hydrogen (secondary N) is 3. The van der Waals surface area contributed by atoms with Crippen LogP contribution < -0.4 is 14.9 Å². The Labute approximate surface area is 162 Å². The van der Waals surface area contributed by atoms with E-state index in [-0.39, 0.29) is 0 Å². The van der Waals surface area contributed by atoms with E-state index in [0.29, 0.717) is 29.6 Å². The molecule has 0 saturated carbocycles. The first-order chi connectivity index (χ1) is 13.5. The zero-order chi connectivity index (χ0) is 19.6. The second-order valence-corrected chi connectivity index (χ2v) is 7.75. The fraction of sp³-hybridized carbons (Fsp3) is 0.0500. The summed E-state index contributed by atoms with van der Waals surface area (Å²) in [4.78, 5) is 1.77. The molecule has 0 bridgehead atoms. The van der Waals surface area contributed by atoms with Crippen LogP contribution in [0.3, 0.4) is 0 Å². The van der Waals surface area contributed by atoms with E-state index in [9.17, 15) is 8.42 Å². The minimum Gasteiger partial charge on any atom is -0.448 e. The molecule has 0 aliphatic carbocycles. The van der Waals surface area contributed by atoms with Gasteiger partial charge in [0.25, 0.3) is 10.0 Å². The molecule has 1 aliphatic rings. The fourth-order valence-electron chi connectivity index (χ4n) is 2.87. The van der Waals surface area contributed by atoms with Crippen molar-refractivity contribution in [3.05, 3.63) is 83.5 Å². The smallest absolute Gasteiger partial charge is 0.255 e. The molecule has 0 unspecified atom stereocenters. The van der Waals surface area contributed by atoms with Crippen molar-refractivity contribution < 1.29 is 12.8 Å². The second kappa shape index (κ2) is 7.24. The van der Waals surface area contributed by atoms with E-state index in [0.717, 1.165) is 16.7 Å². The van der Waals surface area contributed by atoms with E-state index < -0.39 is 10.0 Å². The molecule has 0 spiro atoms. The van der Waals surface area contributed by atoms with Gasteiger partial charge >= 0.3 is 0 Å². The first kappa shape index (κ1) is 17.9. The van der Waals surface area contributed by atoms with Gasteiger partial charge in [0.15, 0.2) is 0 Å². The molecule has 0 radical (unpaired) electrons. The Kier molecular flexibility index (Phi) is 4.62. The van der Waals surface area contributed by atoms with Crippen LogP contribution in [0.25, 0.3) is 6.08 Å². The Morgan fingerprint density at radius 1 is 1.07 bits per heavy atom. The summed E-state index contributed by atoms with van der Waals surface area (Å²) in [5.74, 6) is 0.900. The van der Waals surface area contributed by atoms with Crippen LogP contribution in [-0.2, 0) is 10.0 Å². The normalized spacial score (nSPS) is 14.0. The Balaban J connectivity index is 1.46. The number of nitrogens with zero attached hydrogens (tertiary/aromatic N) is 1. The highest BCUT2D eigenvalue weighted by Gasteiger charge is 2.24. The Hall–Kier alpha value is -3.52. The van der Waals surface area contributed by atoms with Crippen LogP contribution in [-0.4, -0.2) is 20.9 Å². The third kappa shape index (κ3) is 3.77. The summed E-state index contributed by atoms with van der Waals surface area (Å²) in [6.07, 6.45) is 3.08. The highest BCUT2D eigenvalue weighted by Crippen LogP contribution is 2.27. The lowest BCUT2D eigenvalue weighted by atomic mass is 10.2. The van der Waals surface area contributed by atoms with E-state index in [1.54, 1.807) is 41.3 Å². The van der Waals surface area contributed by atoms with E-state index >= 15 is 0 Å². The van der Waals surface area contributed by atoms with Gasteiger partial charge in [-0.2, -0.15) is 0 Å². The third-order valence-electron chi connectivity index (χ3n) is 4.27. The number of hydrogen-bond acceptors (Lipinski definition) is 5. The van der Waals surface area contributed by atoms with Crippen LogP contribution in [0.4, 0.5) is 17.3 Å². The van der Waals surface area contributed by atoms with Crippen molar-refractivity contribution >= 4 is 39.2 Å². The molecule has 7 nitrogen and oxygen atoms in total. The second-order valence-electron chi connectivity index (χ2n) is 6.18. The number of anilines is 3. The first-order valence-corrected chi connectivity index (χ1v) is 10.1. The SMILES string of the molecule is N=C1c2ccoc2NCN1c1ccc(NS(=O)(=O)/C=C/c2ccccc2)cc1. The molecule has 8 heteroatoms. The summed E-state index contributed by atoms with van der Waals surface area (Å²) in [6.45, 7) is 0.393. The summed E-state index contributed by atoms with van der Waals surface area (Å²) in [7, 11) is -3.62. The van der Waals surface area contributed by atoms with Crippen LogP contribution in [0, 0.1) is 5.41 Å². The monoisotopic (exact) mass is 394 g/mol. The van der Waals surface area contributed by atoms with Crippen LogP contribution in [0.15, 0.2) is 76.8 Å². The lowest BCUT2D eigenvalue weighted by Gasteiger charge is -2.29. The molecular formula is C20H18N4O3S. The average Bonchev–Trinajstić information content (AvgIpc) is 3.18. The molecule has 0 atom stereocenters. The van der Waals surface area contributed by atoms with Crippen molar-refractivity contribution in [2.45, 2.75) is 0 Å². The molecule has 2 heterocycles. The van der Waals surface area contributed by atoms with Crippen molar-refractivity contribution in [1.82, 2.24) is 0 Å². The largest absolute Gasteiger partial charge is 0.448 e. The van der Waals surface area contributed by atoms with Crippen LogP contribution >= 0.6 is 0 Å². The number of amidine groups is 1. The molecule has 3 N–H and O–H groups in total. The molecule has 1 aromatic heterocycles. The molecule has 0 amide bonds. The minimum absolute atomic E-state index is 0.321. The molecule has 142 valence electrons. The predicted molar refractivity (Wildman–Crippen MR) is 111 cm³/mol. The van der Waals surface area contributed by atoms with Gasteiger partial charge < -0.3 is 14.6 Å². The molecule has 2 aromatic carbocycles. The summed E-state index contributed by atoms with van der Waals surface area (Å²) >= 11 is 0. The fourth-order valence-corrected chi connectivity index (χ4v) is 3.74. The maximum Gasteiger partial charge on any atom is 0.255 e. The minimum atomic E-state index is -3.62. The maximum absolute atomic E-state index is 12.3. The van der Waals surface area contributed by atoms with Crippen molar-refractivity contribution in [3.8, 4) is 0 Å². The summed E-state index contributed by atoms with van der Waals surface area (Å²) in [5.41, 5.74) is 2.70. The van der Waals surface area contributed by atoms with Crippen molar-refractivity contribution in [3.63, 3.8) is 0 Å².